The summed E-state index contributed by atoms with van der Waals surface area (Å²) in [5.41, 5.74) is 3.69. The molecule has 7 nitrogen and oxygen atoms in total. The number of amides is 1. The molecule has 1 heterocycles. The van der Waals surface area contributed by atoms with E-state index in [1.807, 2.05) is 57.2 Å². The summed E-state index contributed by atoms with van der Waals surface area (Å²) in [7, 11) is -2.00. The Morgan fingerprint density at radius 3 is 2.16 bits per heavy atom. The van der Waals surface area contributed by atoms with Crippen molar-refractivity contribution in [2.45, 2.75) is 33.2 Å². The smallest absolute Gasteiger partial charge is 0.246 e. The molecule has 0 bridgehead atoms. The van der Waals surface area contributed by atoms with Crippen LogP contribution in [0.25, 0.3) is 0 Å². The number of hydrogen-bond acceptors (Lipinski definition) is 5. The van der Waals surface area contributed by atoms with E-state index < -0.39 is 16.1 Å². The number of rotatable bonds is 7. The lowest BCUT2D eigenvalue weighted by Crippen LogP contribution is -2.56. The Labute approximate surface area is 191 Å². The highest BCUT2D eigenvalue weighted by Crippen LogP contribution is 2.27. The molecule has 174 valence electrons. The van der Waals surface area contributed by atoms with Gasteiger partial charge < -0.3 is 14.5 Å². The number of hydrogen-bond donors (Lipinski definition) is 0. The number of piperazine rings is 1. The summed E-state index contributed by atoms with van der Waals surface area (Å²) in [4.78, 5) is 17.5. The van der Waals surface area contributed by atoms with Crippen LogP contribution in [-0.4, -0.2) is 64.8 Å². The van der Waals surface area contributed by atoms with Crippen LogP contribution in [0.3, 0.4) is 0 Å². The highest BCUT2D eigenvalue weighted by molar-refractivity contribution is 7.92. The van der Waals surface area contributed by atoms with Crippen molar-refractivity contribution in [1.82, 2.24) is 4.90 Å². The number of sulfonamides is 1. The zero-order valence-corrected chi connectivity index (χ0v) is 20.4. The minimum atomic E-state index is -3.64. The number of benzene rings is 2. The van der Waals surface area contributed by atoms with Gasteiger partial charge in [-0.1, -0.05) is 13.0 Å². The SMILES string of the molecule is CC[C@H](C(=O)N1CCN(c2ccc(OC)cc2)CC1)N(c1ccc(C)c(C)c1)S(C)(=O)=O. The molecule has 1 atom stereocenters. The molecule has 3 rings (SSSR count). The van der Waals surface area contributed by atoms with Gasteiger partial charge >= 0.3 is 0 Å². The van der Waals surface area contributed by atoms with Gasteiger partial charge in [0.05, 0.1) is 19.1 Å². The van der Waals surface area contributed by atoms with Crippen molar-refractivity contribution in [3.63, 3.8) is 0 Å². The molecule has 1 amide bonds. The van der Waals surface area contributed by atoms with Crippen LogP contribution in [0.5, 0.6) is 5.75 Å². The summed E-state index contributed by atoms with van der Waals surface area (Å²) in [5.74, 6) is 0.658. The molecule has 0 unspecified atom stereocenters. The summed E-state index contributed by atoms with van der Waals surface area (Å²) < 4.78 is 32.0. The van der Waals surface area contributed by atoms with E-state index in [1.54, 1.807) is 18.1 Å². The van der Waals surface area contributed by atoms with Crippen molar-refractivity contribution in [1.29, 1.82) is 0 Å². The first-order valence-electron chi connectivity index (χ1n) is 10.9. The van der Waals surface area contributed by atoms with Crippen molar-refractivity contribution in [3.8, 4) is 5.75 Å². The number of ether oxygens (including phenoxy) is 1. The van der Waals surface area contributed by atoms with E-state index in [-0.39, 0.29) is 5.91 Å². The van der Waals surface area contributed by atoms with Crippen molar-refractivity contribution in [2.24, 2.45) is 0 Å². The summed E-state index contributed by atoms with van der Waals surface area (Å²) in [6.45, 7) is 8.26. The molecule has 1 saturated heterocycles. The van der Waals surface area contributed by atoms with Crippen LogP contribution >= 0.6 is 0 Å². The molecule has 1 aliphatic rings. The number of carbonyl (C=O) groups is 1. The van der Waals surface area contributed by atoms with Crippen LogP contribution in [0.2, 0.25) is 0 Å². The minimum absolute atomic E-state index is 0.148. The number of aryl methyl sites for hydroxylation is 2. The molecule has 1 aliphatic heterocycles. The molecule has 0 aromatic heterocycles. The van der Waals surface area contributed by atoms with Gasteiger partial charge in [-0.3, -0.25) is 9.10 Å². The highest BCUT2D eigenvalue weighted by atomic mass is 32.2. The fourth-order valence-corrected chi connectivity index (χ4v) is 5.29. The quantitative estimate of drug-likeness (QED) is 0.636. The maximum atomic E-state index is 13.5. The second-order valence-electron chi connectivity index (χ2n) is 8.26. The van der Waals surface area contributed by atoms with Crippen molar-refractivity contribution >= 4 is 27.3 Å². The van der Waals surface area contributed by atoms with Gasteiger partial charge in [0.1, 0.15) is 11.8 Å². The zero-order chi connectivity index (χ0) is 23.5. The van der Waals surface area contributed by atoms with Gasteiger partial charge in [0.2, 0.25) is 15.9 Å². The molecule has 0 aliphatic carbocycles. The van der Waals surface area contributed by atoms with Crippen LogP contribution in [0.4, 0.5) is 11.4 Å². The van der Waals surface area contributed by atoms with Crippen molar-refractivity contribution < 1.29 is 17.9 Å². The number of nitrogens with zero attached hydrogens (tertiary/aromatic N) is 3. The normalized spacial score (nSPS) is 15.4. The number of methoxy groups -OCH3 is 1. The van der Waals surface area contributed by atoms with Gasteiger partial charge in [-0.25, -0.2) is 8.42 Å². The van der Waals surface area contributed by atoms with E-state index in [0.717, 1.165) is 22.6 Å². The Kier molecular flexibility index (Phi) is 7.33. The van der Waals surface area contributed by atoms with Gasteiger partial charge in [-0.15, -0.1) is 0 Å². The monoisotopic (exact) mass is 459 g/mol. The molecule has 8 heteroatoms. The van der Waals surface area contributed by atoms with Gasteiger partial charge in [-0.05, 0) is 67.8 Å². The average molecular weight is 460 g/mol. The van der Waals surface area contributed by atoms with Gasteiger partial charge in [0.15, 0.2) is 0 Å². The molecule has 32 heavy (non-hydrogen) atoms. The van der Waals surface area contributed by atoms with E-state index in [4.69, 9.17) is 4.74 Å². The Balaban J connectivity index is 1.77. The molecule has 1 fully saturated rings. The third-order valence-corrected chi connectivity index (χ3v) is 7.27. The third-order valence-electron chi connectivity index (χ3n) is 6.09. The van der Waals surface area contributed by atoms with Crippen molar-refractivity contribution in [2.75, 3.05) is 48.7 Å². The summed E-state index contributed by atoms with van der Waals surface area (Å²) in [5, 5.41) is 0. The fraction of sp³-hybridized carbons (Fsp3) is 0.458. The molecule has 2 aromatic carbocycles. The lowest BCUT2D eigenvalue weighted by atomic mass is 10.1. The second kappa shape index (κ2) is 9.81. The topological polar surface area (TPSA) is 70.2 Å². The first-order chi connectivity index (χ1) is 15.2. The molecule has 0 saturated carbocycles. The summed E-state index contributed by atoms with van der Waals surface area (Å²) in [6.07, 6.45) is 1.57. The molecule has 0 radical (unpaired) electrons. The largest absolute Gasteiger partial charge is 0.497 e. The Hall–Kier alpha value is -2.74. The van der Waals surface area contributed by atoms with Crippen LogP contribution < -0.4 is 13.9 Å². The molecular formula is C24H33N3O4S. The van der Waals surface area contributed by atoms with Crippen LogP contribution in [-0.2, 0) is 14.8 Å². The van der Waals surface area contributed by atoms with Crippen LogP contribution in [0, 0.1) is 13.8 Å². The Morgan fingerprint density at radius 1 is 1.03 bits per heavy atom. The van der Waals surface area contributed by atoms with Gasteiger partial charge in [-0.2, -0.15) is 0 Å². The van der Waals surface area contributed by atoms with E-state index >= 15 is 0 Å². The molecule has 0 spiro atoms. The lowest BCUT2D eigenvalue weighted by Gasteiger charge is -2.39. The van der Waals surface area contributed by atoms with Crippen molar-refractivity contribution in [3.05, 3.63) is 53.6 Å². The molecular weight excluding hydrogens is 426 g/mol. The maximum Gasteiger partial charge on any atom is 0.246 e. The molecule has 0 N–H and O–H groups in total. The van der Waals surface area contributed by atoms with E-state index in [1.165, 1.54) is 10.6 Å². The van der Waals surface area contributed by atoms with Crippen LogP contribution in [0.1, 0.15) is 24.5 Å². The maximum absolute atomic E-state index is 13.5. The predicted molar refractivity (Wildman–Crippen MR) is 129 cm³/mol. The van der Waals surface area contributed by atoms with Gasteiger partial charge in [0, 0.05) is 31.9 Å². The Morgan fingerprint density at radius 2 is 1.66 bits per heavy atom. The van der Waals surface area contributed by atoms with E-state index in [9.17, 15) is 13.2 Å². The van der Waals surface area contributed by atoms with E-state index in [2.05, 4.69) is 4.90 Å². The van der Waals surface area contributed by atoms with E-state index in [0.29, 0.717) is 38.3 Å². The average Bonchev–Trinajstić information content (AvgIpc) is 2.78. The van der Waals surface area contributed by atoms with Crippen LogP contribution in [0.15, 0.2) is 42.5 Å². The number of anilines is 2. The Bertz CT molecular complexity index is 1050. The second-order valence-corrected chi connectivity index (χ2v) is 10.1. The molecule has 2 aromatic rings. The number of carbonyl (C=O) groups excluding carboxylic acids is 1. The zero-order valence-electron chi connectivity index (χ0n) is 19.5. The fourth-order valence-electron chi connectivity index (χ4n) is 4.09. The summed E-state index contributed by atoms with van der Waals surface area (Å²) >= 11 is 0. The first kappa shape index (κ1) is 23.9. The third kappa shape index (κ3) is 5.18. The highest BCUT2D eigenvalue weighted by Gasteiger charge is 2.35. The predicted octanol–water partition coefficient (Wildman–Crippen LogP) is 3.21. The minimum Gasteiger partial charge on any atom is -0.497 e. The first-order valence-corrected chi connectivity index (χ1v) is 12.7. The lowest BCUT2D eigenvalue weighted by molar-refractivity contribution is -0.132. The summed E-state index contributed by atoms with van der Waals surface area (Å²) in [6, 6.07) is 12.6. The standard InChI is InChI=1S/C24H33N3O4S/c1-6-23(27(32(5,29)30)21-8-7-18(2)19(3)17-21)24(28)26-15-13-25(14-16-26)20-9-11-22(31-4)12-10-20/h7-12,17,23H,6,13-16H2,1-5H3/t23-/m1/s1. The van der Waals surface area contributed by atoms with Gasteiger partial charge in [0.25, 0.3) is 0 Å².